The first kappa shape index (κ1) is 19.2. The molecule has 2 heterocycles. The Balaban J connectivity index is 1.41. The Kier molecular flexibility index (Phi) is 5.43. The number of carbonyl (C=O) groups excluding carboxylic acids is 2. The second-order valence-electron chi connectivity index (χ2n) is 6.52. The molecule has 0 spiro atoms. The average molecular weight is 402 g/mol. The number of furan rings is 1. The third-order valence-corrected chi connectivity index (χ3v) is 4.41. The monoisotopic (exact) mass is 402 g/mol. The summed E-state index contributed by atoms with van der Waals surface area (Å²) in [5.41, 5.74) is 2.48. The number of hydrogen-bond acceptors (Lipinski definition) is 6. The molecule has 2 aromatic heterocycles. The van der Waals surface area contributed by atoms with Gasteiger partial charge in [0.1, 0.15) is 0 Å². The summed E-state index contributed by atoms with van der Waals surface area (Å²) < 4.78 is 16.0. The number of esters is 1. The maximum atomic E-state index is 12.4. The lowest BCUT2D eigenvalue weighted by atomic mass is 10.1. The van der Waals surface area contributed by atoms with Gasteiger partial charge < -0.3 is 18.9 Å². The molecule has 30 heavy (non-hydrogen) atoms. The smallest absolute Gasteiger partial charge is 0.338 e. The molecule has 0 atom stereocenters. The lowest BCUT2D eigenvalue weighted by Gasteiger charge is -2.09. The number of nitrogens with one attached hydrogen (secondary N) is 1. The number of rotatable bonds is 6. The van der Waals surface area contributed by atoms with Crippen LogP contribution in [0.4, 0.5) is 5.69 Å². The molecule has 4 rings (SSSR count). The zero-order valence-electron chi connectivity index (χ0n) is 16.1. The minimum absolute atomic E-state index is 0.104. The number of amides is 1. The third kappa shape index (κ3) is 4.30. The normalized spacial score (nSPS) is 10.6. The Labute approximate surface area is 172 Å². The predicted octanol–water partition coefficient (Wildman–Crippen LogP) is 4.85. The molecule has 7 heteroatoms. The lowest BCUT2D eigenvalue weighted by molar-refractivity contribution is 0.0439. The molecule has 0 saturated heterocycles. The van der Waals surface area contributed by atoms with E-state index in [2.05, 4.69) is 10.3 Å². The number of hydrogen-bond donors (Lipinski definition) is 1. The quantitative estimate of drug-likeness (QED) is 0.463. The van der Waals surface area contributed by atoms with Crippen LogP contribution in [0.1, 0.15) is 32.4 Å². The van der Waals surface area contributed by atoms with Crippen molar-refractivity contribution in [3.8, 4) is 11.3 Å². The molecule has 0 saturated carbocycles. The van der Waals surface area contributed by atoms with Gasteiger partial charge in [-0.15, -0.1) is 0 Å². The second-order valence-corrected chi connectivity index (χ2v) is 6.52. The van der Waals surface area contributed by atoms with Crippen LogP contribution in [0.2, 0.25) is 0 Å². The van der Waals surface area contributed by atoms with Crippen molar-refractivity contribution in [1.82, 2.24) is 4.98 Å². The fraction of sp³-hybridized carbons (Fsp3) is 0.0870. The number of aryl methyl sites for hydroxylation is 1. The van der Waals surface area contributed by atoms with Gasteiger partial charge in [-0.3, -0.25) is 4.79 Å². The highest BCUT2D eigenvalue weighted by molar-refractivity contribution is 6.03. The zero-order valence-corrected chi connectivity index (χ0v) is 16.1. The molecule has 150 valence electrons. The molecule has 0 bridgehead atoms. The van der Waals surface area contributed by atoms with Crippen LogP contribution in [0.25, 0.3) is 11.3 Å². The van der Waals surface area contributed by atoms with Gasteiger partial charge in [0.25, 0.3) is 5.91 Å². The molecule has 0 fully saturated rings. The Morgan fingerprint density at radius 2 is 1.90 bits per heavy atom. The van der Waals surface area contributed by atoms with Crippen LogP contribution < -0.4 is 5.32 Å². The molecule has 0 unspecified atom stereocenters. The van der Waals surface area contributed by atoms with Gasteiger partial charge in [0.05, 0.1) is 18.0 Å². The Morgan fingerprint density at radius 3 is 2.67 bits per heavy atom. The lowest BCUT2D eigenvalue weighted by Crippen LogP contribution is -2.13. The van der Waals surface area contributed by atoms with Crippen LogP contribution in [0.3, 0.4) is 0 Å². The Hall–Kier alpha value is -4.13. The first-order chi connectivity index (χ1) is 14.6. The van der Waals surface area contributed by atoms with Crippen molar-refractivity contribution in [3.63, 3.8) is 0 Å². The zero-order chi connectivity index (χ0) is 20.9. The number of oxazole rings is 1. The summed E-state index contributed by atoms with van der Waals surface area (Å²) in [4.78, 5) is 28.8. The van der Waals surface area contributed by atoms with E-state index >= 15 is 0 Å². The van der Waals surface area contributed by atoms with E-state index in [1.807, 2.05) is 37.3 Å². The standard InChI is InChI=1S/C23H18N2O5/c1-15-9-10-17(12-18(15)25-22(26)19-8-5-11-28-19)23(27)29-14-21-24-13-20(30-21)16-6-3-2-4-7-16/h2-13H,14H2,1H3,(H,25,26). The van der Waals surface area contributed by atoms with Crippen LogP contribution in [-0.2, 0) is 11.3 Å². The van der Waals surface area contributed by atoms with E-state index in [9.17, 15) is 9.59 Å². The first-order valence-corrected chi connectivity index (χ1v) is 9.23. The number of anilines is 1. The molecular weight excluding hydrogens is 384 g/mol. The van der Waals surface area contributed by atoms with Gasteiger partial charge in [-0.1, -0.05) is 36.4 Å². The van der Waals surface area contributed by atoms with Crippen molar-refractivity contribution in [2.24, 2.45) is 0 Å². The number of nitrogens with zero attached hydrogens (tertiary/aromatic N) is 1. The van der Waals surface area contributed by atoms with E-state index in [1.165, 1.54) is 6.26 Å². The summed E-state index contributed by atoms with van der Waals surface area (Å²) in [6, 6.07) is 17.6. The van der Waals surface area contributed by atoms with E-state index in [-0.39, 0.29) is 12.4 Å². The summed E-state index contributed by atoms with van der Waals surface area (Å²) in [7, 11) is 0. The maximum absolute atomic E-state index is 12.4. The van der Waals surface area contributed by atoms with Gasteiger partial charge in [0.2, 0.25) is 5.89 Å². The van der Waals surface area contributed by atoms with Crippen LogP contribution in [-0.4, -0.2) is 16.9 Å². The molecule has 0 aliphatic carbocycles. The van der Waals surface area contributed by atoms with E-state index in [4.69, 9.17) is 13.6 Å². The predicted molar refractivity (Wildman–Crippen MR) is 109 cm³/mol. The van der Waals surface area contributed by atoms with Crippen molar-refractivity contribution < 1.29 is 23.2 Å². The summed E-state index contributed by atoms with van der Waals surface area (Å²) >= 11 is 0. The minimum Gasteiger partial charge on any atom is -0.459 e. The fourth-order valence-electron chi connectivity index (χ4n) is 2.80. The van der Waals surface area contributed by atoms with E-state index in [0.29, 0.717) is 22.9 Å². The third-order valence-electron chi connectivity index (χ3n) is 4.41. The van der Waals surface area contributed by atoms with Crippen molar-refractivity contribution in [2.45, 2.75) is 13.5 Å². The van der Waals surface area contributed by atoms with Crippen LogP contribution in [0.15, 0.2) is 82.0 Å². The minimum atomic E-state index is -0.553. The highest BCUT2D eigenvalue weighted by Crippen LogP contribution is 2.21. The SMILES string of the molecule is Cc1ccc(C(=O)OCc2ncc(-c3ccccc3)o2)cc1NC(=O)c1ccco1. The molecule has 0 radical (unpaired) electrons. The summed E-state index contributed by atoms with van der Waals surface area (Å²) in [6.07, 6.45) is 3.01. The van der Waals surface area contributed by atoms with E-state index in [0.717, 1.165) is 11.1 Å². The highest BCUT2D eigenvalue weighted by atomic mass is 16.5. The molecular formula is C23H18N2O5. The van der Waals surface area contributed by atoms with Crippen molar-refractivity contribution in [3.05, 3.63) is 95.9 Å². The van der Waals surface area contributed by atoms with Gasteiger partial charge in [-0.05, 0) is 36.8 Å². The molecule has 0 aliphatic rings. The molecule has 1 N–H and O–H groups in total. The summed E-state index contributed by atoms with van der Waals surface area (Å²) in [6.45, 7) is 1.72. The molecule has 1 amide bonds. The van der Waals surface area contributed by atoms with Crippen molar-refractivity contribution in [1.29, 1.82) is 0 Å². The van der Waals surface area contributed by atoms with Gasteiger partial charge in [0, 0.05) is 11.3 Å². The molecule has 2 aromatic carbocycles. The van der Waals surface area contributed by atoms with Crippen LogP contribution in [0, 0.1) is 6.92 Å². The van der Waals surface area contributed by atoms with E-state index < -0.39 is 11.9 Å². The number of ether oxygens (including phenoxy) is 1. The molecule has 4 aromatic rings. The Bertz CT molecular complexity index is 1160. The van der Waals surface area contributed by atoms with Gasteiger partial charge in [-0.25, -0.2) is 9.78 Å². The highest BCUT2D eigenvalue weighted by Gasteiger charge is 2.15. The Morgan fingerprint density at radius 1 is 1.07 bits per heavy atom. The van der Waals surface area contributed by atoms with Crippen molar-refractivity contribution >= 4 is 17.6 Å². The largest absolute Gasteiger partial charge is 0.459 e. The number of benzene rings is 2. The second kappa shape index (κ2) is 8.48. The van der Waals surface area contributed by atoms with Gasteiger partial charge in [0.15, 0.2) is 18.1 Å². The number of aromatic nitrogens is 1. The topological polar surface area (TPSA) is 94.6 Å². The molecule has 7 nitrogen and oxygen atoms in total. The molecule has 0 aliphatic heterocycles. The van der Waals surface area contributed by atoms with Crippen LogP contribution >= 0.6 is 0 Å². The first-order valence-electron chi connectivity index (χ1n) is 9.23. The fourth-order valence-corrected chi connectivity index (χ4v) is 2.80. The number of carbonyl (C=O) groups is 2. The van der Waals surface area contributed by atoms with Crippen molar-refractivity contribution in [2.75, 3.05) is 5.32 Å². The van der Waals surface area contributed by atoms with Crippen LogP contribution in [0.5, 0.6) is 0 Å². The van der Waals surface area contributed by atoms with Gasteiger partial charge in [-0.2, -0.15) is 0 Å². The maximum Gasteiger partial charge on any atom is 0.338 e. The summed E-state index contributed by atoms with van der Waals surface area (Å²) in [5, 5.41) is 2.73. The average Bonchev–Trinajstić information content (AvgIpc) is 3.46. The van der Waals surface area contributed by atoms with Gasteiger partial charge >= 0.3 is 5.97 Å². The van der Waals surface area contributed by atoms with E-state index in [1.54, 1.807) is 36.5 Å². The summed E-state index contributed by atoms with van der Waals surface area (Å²) in [5.74, 6) is 0.117.